The summed E-state index contributed by atoms with van der Waals surface area (Å²) in [5.41, 5.74) is 6.19. The van der Waals surface area contributed by atoms with Gasteiger partial charge in [0, 0.05) is 15.8 Å². The molecule has 0 aliphatic rings. The maximum atomic E-state index is 6.19. The molecule has 1 heterocycles. The summed E-state index contributed by atoms with van der Waals surface area (Å²) in [6.07, 6.45) is 3.27. The van der Waals surface area contributed by atoms with Gasteiger partial charge in [-0.05, 0) is 51.0 Å². The largest absolute Gasteiger partial charge is 0.327 e. The Bertz CT molecular complexity index is 305. The molecule has 0 fully saturated rings. The summed E-state index contributed by atoms with van der Waals surface area (Å²) in [4.78, 5) is 5.34. The molecule has 0 spiro atoms. The van der Waals surface area contributed by atoms with Gasteiger partial charge in [0.1, 0.15) is 0 Å². The Labute approximate surface area is 110 Å². The summed E-state index contributed by atoms with van der Waals surface area (Å²) in [6.45, 7) is 10.0. The van der Waals surface area contributed by atoms with Gasteiger partial charge in [0.05, 0.1) is 0 Å². The van der Waals surface area contributed by atoms with Crippen molar-refractivity contribution in [3.8, 4) is 0 Å². The maximum absolute atomic E-state index is 6.19. The first-order valence-corrected chi connectivity index (χ1v) is 7.56. The summed E-state index contributed by atoms with van der Waals surface area (Å²) in [5, 5.41) is 0. The van der Waals surface area contributed by atoms with Crippen LogP contribution < -0.4 is 5.73 Å². The van der Waals surface area contributed by atoms with Crippen LogP contribution in [0.2, 0.25) is 0 Å². The average Bonchev–Trinajstić information content (AvgIpc) is 2.78. The minimum Gasteiger partial charge on any atom is -0.327 e. The number of hydrogen-bond donors (Lipinski definition) is 1. The maximum Gasteiger partial charge on any atom is 0.00993 e. The summed E-state index contributed by atoms with van der Waals surface area (Å²) in [7, 11) is 0. The molecule has 0 amide bonds. The quantitative estimate of drug-likeness (QED) is 0.773. The first-order chi connectivity index (χ1) is 8.19. The molecule has 0 saturated carbocycles. The predicted molar refractivity (Wildman–Crippen MR) is 77.8 cm³/mol. The van der Waals surface area contributed by atoms with Crippen molar-refractivity contribution in [2.75, 3.05) is 19.6 Å². The zero-order valence-corrected chi connectivity index (χ0v) is 12.2. The third-order valence-corrected chi connectivity index (χ3v) is 4.49. The van der Waals surface area contributed by atoms with Crippen molar-refractivity contribution in [1.29, 1.82) is 0 Å². The molecule has 0 aromatic carbocycles. The minimum absolute atomic E-state index is 0.305. The molecule has 0 aliphatic carbocycles. The van der Waals surface area contributed by atoms with Crippen LogP contribution in [0.3, 0.4) is 0 Å². The van der Waals surface area contributed by atoms with E-state index in [-0.39, 0.29) is 0 Å². The average molecular weight is 254 g/mol. The molecule has 0 radical (unpaired) electrons. The lowest BCUT2D eigenvalue weighted by atomic mass is 10.1. The van der Waals surface area contributed by atoms with E-state index in [9.17, 15) is 0 Å². The second kappa shape index (κ2) is 7.85. The van der Waals surface area contributed by atoms with E-state index in [1.54, 1.807) is 0 Å². The minimum atomic E-state index is 0.305. The van der Waals surface area contributed by atoms with E-state index in [4.69, 9.17) is 5.73 Å². The van der Waals surface area contributed by atoms with Crippen molar-refractivity contribution in [1.82, 2.24) is 4.90 Å². The molecule has 2 nitrogen and oxygen atoms in total. The highest BCUT2D eigenvalue weighted by molar-refractivity contribution is 7.11. The van der Waals surface area contributed by atoms with Crippen LogP contribution in [0.4, 0.5) is 0 Å². The van der Waals surface area contributed by atoms with Crippen LogP contribution in [0.25, 0.3) is 0 Å². The van der Waals surface area contributed by atoms with E-state index < -0.39 is 0 Å². The molecule has 0 bridgehead atoms. The molecule has 2 N–H and O–H groups in total. The molecule has 0 saturated heterocycles. The third-order valence-electron chi connectivity index (χ3n) is 3.24. The van der Waals surface area contributed by atoms with Crippen LogP contribution in [0.15, 0.2) is 12.1 Å². The lowest BCUT2D eigenvalue weighted by molar-refractivity contribution is 0.290. The fourth-order valence-corrected chi connectivity index (χ4v) is 3.02. The Morgan fingerprint density at radius 3 is 2.35 bits per heavy atom. The Balaban J connectivity index is 2.31. The molecular weight excluding hydrogens is 228 g/mol. The van der Waals surface area contributed by atoms with Gasteiger partial charge in [-0.25, -0.2) is 0 Å². The van der Waals surface area contributed by atoms with Crippen molar-refractivity contribution in [2.24, 2.45) is 5.73 Å². The van der Waals surface area contributed by atoms with Crippen LogP contribution in [-0.4, -0.2) is 30.6 Å². The smallest absolute Gasteiger partial charge is 0.00993 e. The molecular formula is C14H26N2S. The van der Waals surface area contributed by atoms with Crippen LogP contribution in [0, 0.1) is 0 Å². The van der Waals surface area contributed by atoms with Gasteiger partial charge in [-0.2, -0.15) is 0 Å². The van der Waals surface area contributed by atoms with Gasteiger partial charge < -0.3 is 10.6 Å². The number of thiophene rings is 1. The predicted octanol–water partition coefficient (Wildman–Crippen LogP) is 2.91. The van der Waals surface area contributed by atoms with Crippen LogP contribution >= 0.6 is 11.3 Å². The monoisotopic (exact) mass is 254 g/mol. The number of rotatable bonds is 8. The zero-order valence-electron chi connectivity index (χ0n) is 11.4. The Morgan fingerprint density at radius 1 is 1.18 bits per heavy atom. The second-order valence-electron chi connectivity index (χ2n) is 4.50. The van der Waals surface area contributed by atoms with Gasteiger partial charge in [0.2, 0.25) is 0 Å². The Hall–Kier alpha value is -0.380. The normalized spacial score (nSPS) is 13.2. The molecule has 98 valence electrons. The van der Waals surface area contributed by atoms with Gasteiger partial charge >= 0.3 is 0 Å². The summed E-state index contributed by atoms with van der Waals surface area (Å²) in [6, 6.07) is 4.77. The van der Waals surface area contributed by atoms with E-state index in [0.717, 1.165) is 38.9 Å². The number of nitrogens with two attached hydrogens (primary N) is 1. The topological polar surface area (TPSA) is 29.3 Å². The summed E-state index contributed by atoms with van der Waals surface area (Å²) < 4.78 is 0. The van der Waals surface area contributed by atoms with Crippen LogP contribution in [0.5, 0.6) is 0 Å². The first kappa shape index (κ1) is 14.7. The van der Waals surface area contributed by atoms with E-state index in [0.29, 0.717) is 6.04 Å². The second-order valence-corrected chi connectivity index (χ2v) is 5.75. The van der Waals surface area contributed by atoms with Gasteiger partial charge in [-0.3, -0.25) is 0 Å². The third kappa shape index (κ3) is 5.19. The summed E-state index contributed by atoms with van der Waals surface area (Å²) >= 11 is 1.91. The van der Waals surface area contributed by atoms with Crippen molar-refractivity contribution in [3.05, 3.63) is 21.9 Å². The molecule has 17 heavy (non-hydrogen) atoms. The van der Waals surface area contributed by atoms with Crippen LogP contribution in [0.1, 0.15) is 36.9 Å². The van der Waals surface area contributed by atoms with Crippen molar-refractivity contribution in [2.45, 2.75) is 46.1 Å². The van der Waals surface area contributed by atoms with Crippen molar-refractivity contribution in [3.63, 3.8) is 0 Å². The highest BCUT2D eigenvalue weighted by Gasteiger charge is 2.08. The Kier molecular flexibility index (Phi) is 6.78. The summed E-state index contributed by atoms with van der Waals surface area (Å²) in [5.74, 6) is 0. The highest BCUT2D eigenvalue weighted by Crippen LogP contribution is 2.18. The van der Waals surface area contributed by atoms with Crippen molar-refractivity contribution >= 4 is 11.3 Å². The van der Waals surface area contributed by atoms with E-state index in [1.807, 2.05) is 11.3 Å². The molecule has 0 aliphatic heterocycles. The van der Waals surface area contributed by atoms with E-state index >= 15 is 0 Å². The number of hydrogen-bond acceptors (Lipinski definition) is 3. The fourth-order valence-electron chi connectivity index (χ4n) is 1.97. The lowest BCUT2D eigenvalue weighted by Crippen LogP contribution is -2.31. The van der Waals surface area contributed by atoms with E-state index in [1.165, 1.54) is 9.75 Å². The van der Waals surface area contributed by atoms with Gasteiger partial charge in [0.15, 0.2) is 0 Å². The highest BCUT2D eigenvalue weighted by atomic mass is 32.1. The molecule has 1 atom stereocenters. The number of aryl methyl sites for hydroxylation is 1. The fraction of sp³-hybridized carbons (Fsp3) is 0.714. The van der Waals surface area contributed by atoms with E-state index in [2.05, 4.69) is 37.8 Å². The number of nitrogens with zero attached hydrogens (tertiary/aromatic N) is 1. The molecule has 1 aromatic rings. The molecule has 1 unspecified atom stereocenters. The zero-order chi connectivity index (χ0) is 12.7. The van der Waals surface area contributed by atoms with Gasteiger partial charge in [-0.15, -0.1) is 11.3 Å². The first-order valence-electron chi connectivity index (χ1n) is 6.75. The van der Waals surface area contributed by atoms with Crippen LogP contribution in [-0.2, 0) is 12.8 Å². The Morgan fingerprint density at radius 2 is 1.82 bits per heavy atom. The molecule has 1 aromatic heterocycles. The molecule has 1 rings (SSSR count). The van der Waals surface area contributed by atoms with Crippen molar-refractivity contribution < 1.29 is 0 Å². The van der Waals surface area contributed by atoms with Gasteiger partial charge in [0.25, 0.3) is 0 Å². The SMILES string of the molecule is CCc1ccc(CC(N)CCN(CC)CC)s1. The van der Waals surface area contributed by atoms with Gasteiger partial charge in [-0.1, -0.05) is 20.8 Å². The lowest BCUT2D eigenvalue weighted by Gasteiger charge is -2.20. The molecule has 3 heteroatoms. The standard InChI is InChI=1S/C14H26N2S/c1-4-13-7-8-14(17-13)11-12(15)9-10-16(5-2)6-3/h7-8,12H,4-6,9-11,15H2,1-3H3.